The van der Waals surface area contributed by atoms with E-state index in [9.17, 15) is 4.79 Å². The van der Waals surface area contributed by atoms with Gasteiger partial charge in [0.1, 0.15) is 5.75 Å². The van der Waals surface area contributed by atoms with Crippen LogP contribution in [0.5, 0.6) is 5.75 Å². The number of carbonyl (C=O) groups is 1. The van der Waals surface area contributed by atoms with Gasteiger partial charge in [-0.15, -0.1) is 0 Å². The Morgan fingerprint density at radius 2 is 1.71 bits per heavy atom. The normalized spacial score (nSPS) is 24.1. The van der Waals surface area contributed by atoms with Crippen LogP contribution >= 0.6 is 0 Å². The predicted molar refractivity (Wildman–Crippen MR) is 147 cm³/mol. The molecule has 4 aliphatic rings. The molecule has 2 unspecified atom stereocenters. The lowest BCUT2D eigenvalue weighted by Gasteiger charge is -2.56. The van der Waals surface area contributed by atoms with Crippen molar-refractivity contribution in [2.45, 2.75) is 57.3 Å². The molecule has 5 nitrogen and oxygen atoms in total. The number of aromatic amines is 1. The Bertz CT molecular complexity index is 1560. The van der Waals surface area contributed by atoms with E-state index in [1.807, 2.05) is 31.2 Å². The first-order valence-corrected chi connectivity index (χ1v) is 14.1. The highest BCUT2D eigenvalue weighted by Crippen LogP contribution is 2.51. The third kappa shape index (κ3) is 3.05. The maximum atomic E-state index is 14.0. The van der Waals surface area contributed by atoms with E-state index in [4.69, 9.17) is 9.47 Å². The number of aryl methyl sites for hydroxylation is 1. The third-order valence-corrected chi connectivity index (χ3v) is 9.53. The van der Waals surface area contributed by atoms with Crippen molar-refractivity contribution in [3.8, 4) is 16.9 Å². The van der Waals surface area contributed by atoms with Crippen LogP contribution in [-0.2, 0) is 11.2 Å². The summed E-state index contributed by atoms with van der Waals surface area (Å²) in [5.41, 5.74) is 7.84. The van der Waals surface area contributed by atoms with Crippen LogP contribution in [0.4, 0.5) is 0 Å². The molecule has 38 heavy (non-hydrogen) atoms. The fourth-order valence-electron chi connectivity index (χ4n) is 7.87. The molecule has 2 saturated heterocycles. The van der Waals surface area contributed by atoms with E-state index in [1.165, 1.54) is 25.7 Å². The van der Waals surface area contributed by atoms with Gasteiger partial charge < -0.3 is 14.5 Å². The standard InChI is InChI=1S/C33H32N2O3/c1-20-29(32(36)37-31-24-12-4-2-10-22(24)23-11-3-5-13-25(23)31)30-26-19-21-9-8-18-35-17-7-6-16-33(21,35)38-28(26)15-14-27(30)34-20/h2-5,10-15,21,31,34H,6-9,16-19H2,1H3. The second kappa shape index (κ2) is 8.21. The molecular weight excluding hydrogens is 472 g/mol. The van der Waals surface area contributed by atoms with E-state index in [2.05, 4.69) is 46.3 Å². The lowest BCUT2D eigenvalue weighted by atomic mass is 9.74. The summed E-state index contributed by atoms with van der Waals surface area (Å²) in [4.78, 5) is 20.1. The lowest BCUT2D eigenvalue weighted by Crippen LogP contribution is -2.64. The summed E-state index contributed by atoms with van der Waals surface area (Å²) < 4.78 is 13.3. The zero-order valence-corrected chi connectivity index (χ0v) is 21.8. The molecule has 1 aromatic heterocycles. The van der Waals surface area contributed by atoms with Gasteiger partial charge in [0.25, 0.3) is 0 Å². The summed E-state index contributed by atoms with van der Waals surface area (Å²) in [5.74, 6) is 1.11. The van der Waals surface area contributed by atoms with E-state index >= 15 is 0 Å². The first-order chi connectivity index (χ1) is 18.6. The maximum absolute atomic E-state index is 14.0. The molecule has 3 aromatic carbocycles. The van der Waals surface area contributed by atoms with Crippen molar-refractivity contribution in [3.63, 3.8) is 0 Å². The van der Waals surface area contributed by atoms with Crippen LogP contribution in [0, 0.1) is 12.8 Å². The Morgan fingerprint density at radius 1 is 0.974 bits per heavy atom. The number of aromatic nitrogens is 1. The number of carbonyl (C=O) groups excluding carboxylic acids is 1. The lowest BCUT2D eigenvalue weighted by molar-refractivity contribution is -0.177. The number of nitrogens with one attached hydrogen (secondary N) is 1. The molecule has 192 valence electrons. The molecule has 4 heterocycles. The zero-order valence-electron chi connectivity index (χ0n) is 21.8. The van der Waals surface area contributed by atoms with Crippen LogP contribution in [0.1, 0.15) is 71.0 Å². The largest absolute Gasteiger partial charge is 0.472 e. The Kier molecular flexibility index (Phi) is 4.84. The highest BCUT2D eigenvalue weighted by molar-refractivity contribution is 6.08. The number of hydrogen-bond acceptors (Lipinski definition) is 4. The molecule has 5 heteroatoms. The van der Waals surface area contributed by atoms with Crippen molar-refractivity contribution in [3.05, 3.63) is 88.6 Å². The number of esters is 1. The van der Waals surface area contributed by atoms with Gasteiger partial charge in [-0.05, 0) is 62.3 Å². The number of fused-ring (bicyclic) bond motifs is 6. The Hall–Kier alpha value is -3.57. The quantitative estimate of drug-likeness (QED) is 0.301. The molecule has 1 spiro atoms. The molecular formula is C33H32N2O3. The molecule has 2 atom stereocenters. The summed E-state index contributed by atoms with van der Waals surface area (Å²) >= 11 is 0. The SMILES string of the molecule is Cc1[nH]c2ccc3c(c2c1C(=O)OC1c2ccccc2-c2ccccc21)CC1CCCN2CCCCC12O3. The Morgan fingerprint density at radius 3 is 2.50 bits per heavy atom. The minimum atomic E-state index is -0.410. The van der Waals surface area contributed by atoms with E-state index in [0.717, 1.165) is 76.1 Å². The van der Waals surface area contributed by atoms with Gasteiger partial charge in [0.05, 0.1) is 5.56 Å². The van der Waals surface area contributed by atoms with Gasteiger partial charge in [0.2, 0.25) is 0 Å². The highest BCUT2D eigenvalue weighted by Gasteiger charge is 2.52. The van der Waals surface area contributed by atoms with Gasteiger partial charge in [-0.1, -0.05) is 48.5 Å². The number of rotatable bonds is 2. The second-order valence-corrected chi connectivity index (χ2v) is 11.5. The first-order valence-electron chi connectivity index (χ1n) is 14.1. The van der Waals surface area contributed by atoms with E-state index in [1.54, 1.807) is 0 Å². The molecule has 1 N–H and O–H groups in total. The van der Waals surface area contributed by atoms with Gasteiger partial charge in [0.15, 0.2) is 11.8 Å². The average molecular weight is 505 g/mol. The van der Waals surface area contributed by atoms with Crippen LogP contribution in [0.3, 0.4) is 0 Å². The Labute approximate surface area is 222 Å². The van der Waals surface area contributed by atoms with Crippen molar-refractivity contribution in [2.75, 3.05) is 13.1 Å². The van der Waals surface area contributed by atoms with Gasteiger partial charge in [-0.2, -0.15) is 0 Å². The number of ether oxygens (including phenoxy) is 2. The smallest absolute Gasteiger partial charge is 0.341 e. The molecule has 3 aliphatic heterocycles. The number of piperidine rings is 2. The average Bonchev–Trinajstić information content (AvgIpc) is 3.45. The van der Waals surface area contributed by atoms with Crippen LogP contribution in [0.15, 0.2) is 60.7 Å². The van der Waals surface area contributed by atoms with Gasteiger partial charge in [-0.3, -0.25) is 4.90 Å². The fourth-order valence-corrected chi connectivity index (χ4v) is 7.87. The van der Waals surface area contributed by atoms with Crippen molar-refractivity contribution in [1.82, 2.24) is 9.88 Å². The van der Waals surface area contributed by atoms with Gasteiger partial charge in [-0.25, -0.2) is 4.79 Å². The second-order valence-electron chi connectivity index (χ2n) is 11.5. The molecule has 4 aromatic rings. The zero-order chi connectivity index (χ0) is 25.4. The number of H-pyrrole nitrogens is 1. The topological polar surface area (TPSA) is 54.6 Å². The van der Waals surface area contributed by atoms with Crippen LogP contribution in [-0.4, -0.2) is 34.7 Å². The Balaban J connectivity index is 1.21. The van der Waals surface area contributed by atoms with Crippen LogP contribution in [0.25, 0.3) is 22.0 Å². The first kappa shape index (κ1) is 22.4. The van der Waals surface area contributed by atoms with Crippen LogP contribution in [0.2, 0.25) is 0 Å². The van der Waals surface area contributed by atoms with Crippen molar-refractivity contribution in [1.29, 1.82) is 0 Å². The van der Waals surface area contributed by atoms with Crippen molar-refractivity contribution in [2.24, 2.45) is 5.92 Å². The summed E-state index contributed by atoms with van der Waals surface area (Å²) in [6.45, 7) is 4.23. The minimum Gasteiger partial charge on any atom is -0.472 e. The molecule has 0 bridgehead atoms. The van der Waals surface area contributed by atoms with Crippen molar-refractivity contribution >= 4 is 16.9 Å². The molecule has 0 saturated carbocycles. The number of nitrogens with zero attached hydrogens (tertiary/aromatic N) is 1. The molecule has 0 amide bonds. The molecule has 1 aliphatic carbocycles. The fraction of sp³-hybridized carbons (Fsp3) is 0.364. The minimum absolute atomic E-state index is 0.180. The van der Waals surface area contributed by atoms with E-state index in [-0.39, 0.29) is 11.7 Å². The van der Waals surface area contributed by atoms with Crippen molar-refractivity contribution < 1.29 is 14.3 Å². The summed E-state index contributed by atoms with van der Waals surface area (Å²) in [6, 6.07) is 20.7. The maximum Gasteiger partial charge on any atom is 0.341 e. The molecule has 2 fully saturated rings. The van der Waals surface area contributed by atoms with Crippen LogP contribution < -0.4 is 4.74 Å². The van der Waals surface area contributed by atoms with Gasteiger partial charge in [0, 0.05) is 58.7 Å². The predicted octanol–water partition coefficient (Wildman–Crippen LogP) is 6.93. The summed E-state index contributed by atoms with van der Waals surface area (Å²) in [6.07, 6.45) is 6.48. The number of hydrogen-bond donors (Lipinski definition) is 1. The number of benzene rings is 3. The molecule has 0 radical (unpaired) electrons. The van der Waals surface area contributed by atoms with Gasteiger partial charge >= 0.3 is 5.97 Å². The third-order valence-electron chi connectivity index (χ3n) is 9.53. The highest BCUT2D eigenvalue weighted by atomic mass is 16.5. The van der Waals surface area contributed by atoms with E-state index in [0.29, 0.717) is 11.5 Å². The molecule has 8 rings (SSSR count). The summed E-state index contributed by atoms with van der Waals surface area (Å²) in [5, 5.41) is 0.979. The summed E-state index contributed by atoms with van der Waals surface area (Å²) in [7, 11) is 0. The monoisotopic (exact) mass is 504 g/mol. The van der Waals surface area contributed by atoms with E-state index < -0.39 is 6.10 Å².